The number of hydrogen-bond donors (Lipinski definition) is 0. The summed E-state index contributed by atoms with van der Waals surface area (Å²) in [5.74, 6) is 1.52. The summed E-state index contributed by atoms with van der Waals surface area (Å²) in [6.45, 7) is 7.97. The van der Waals surface area contributed by atoms with E-state index in [1.807, 2.05) is 12.1 Å². The van der Waals surface area contributed by atoms with Crippen molar-refractivity contribution in [1.82, 2.24) is 0 Å². The maximum Gasteiger partial charge on any atom is 0.118 e. The third-order valence-corrected chi connectivity index (χ3v) is 4.79. The first-order valence-corrected chi connectivity index (χ1v) is 8.01. The number of benzene rings is 2. The van der Waals surface area contributed by atoms with Gasteiger partial charge in [-0.1, -0.05) is 37.3 Å². The van der Waals surface area contributed by atoms with E-state index in [1.165, 1.54) is 23.2 Å². The molecule has 2 nitrogen and oxygen atoms in total. The van der Waals surface area contributed by atoms with Gasteiger partial charge in [0.2, 0.25) is 0 Å². The van der Waals surface area contributed by atoms with Crippen molar-refractivity contribution in [1.29, 1.82) is 0 Å². The van der Waals surface area contributed by atoms with Crippen molar-refractivity contribution in [2.45, 2.75) is 45.2 Å². The summed E-state index contributed by atoms with van der Waals surface area (Å²) >= 11 is 0. The molecule has 2 aromatic carbocycles. The van der Waals surface area contributed by atoms with Crippen LogP contribution in [0.5, 0.6) is 5.75 Å². The van der Waals surface area contributed by atoms with Crippen molar-refractivity contribution in [3.63, 3.8) is 0 Å². The average Bonchev–Trinajstić information content (AvgIpc) is 2.51. The summed E-state index contributed by atoms with van der Waals surface area (Å²) < 4.78 is 5.26. The smallest absolute Gasteiger partial charge is 0.118 e. The number of fused-ring (bicyclic) bond motifs is 1. The van der Waals surface area contributed by atoms with Crippen molar-refractivity contribution in [2.24, 2.45) is 0 Å². The van der Waals surface area contributed by atoms with Crippen LogP contribution in [0.1, 0.15) is 44.2 Å². The molecule has 3 rings (SSSR count). The second-order valence-corrected chi connectivity index (χ2v) is 6.91. The summed E-state index contributed by atoms with van der Waals surface area (Å²) in [7, 11) is 1.71. The van der Waals surface area contributed by atoms with E-state index in [2.05, 4.69) is 62.1 Å². The van der Waals surface area contributed by atoms with Gasteiger partial charge in [-0.3, -0.25) is 0 Å². The van der Waals surface area contributed by atoms with Gasteiger partial charge >= 0.3 is 0 Å². The molecule has 0 radical (unpaired) electrons. The molecule has 1 atom stereocenters. The quantitative estimate of drug-likeness (QED) is 0.791. The molecule has 116 valence electrons. The Kier molecular flexibility index (Phi) is 3.86. The van der Waals surface area contributed by atoms with Gasteiger partial charge in [0, 0.05) is 17.8 Å². The highest BCUT2D eigenvalue weighted by Gasteiger charge is 2.35. The molecule has 0 amide bonds. The molecule has 1 unspecified atom stereocenters. The zero-order valence-electron chi connectivity index (χ0n) is 14.0. The minimum Gasteiger partial charge on any atom is -0.497 e. The number of ether oxygens (including phenoxy) is 1. The first-order valence-electron chi connectivity index (χ1n) is 8.01. The zero-order chi connectivity index (χ0) is 15.7. The van der Waals surface area contributed by atoms with Crippen LogP contribution in [0.4, 0.5) is 5.69 Å². The van der Waals surface area contributed by atoms with Crippen molar-refractivity contribution in [3.8, 4) is 5.75 Å². The lowest BCUT2D eigenvalue weighted by Crippen LogP contribution is -2.47. The second-order valence-electron chi connectivity index (χ2n) is 6.91. The van der Waals surface area contributed by atoms with Crippen LogP contribution >= 0.6 is 0 Å². The second kappa shape index (κ2) is 5.68. The fraction of sp³-hybridized carbons (Fsp3) is 0.400. The van der Waals surface area contributed by atoms with Crippen LogP contribution < -0.4 is 9.64 Å². The van der Waals surface area contributed by atoms with Crippen LogP contribution in [0, 0.1) is 0 Å². The molecular formula is C20H25NO. The molecule has 2 aromatic rings. The lowest BCUT2D eigenvalue weighted by molar-refractivity contribution is 0.374. The number of methoxy groups -OCH3 is 1. The Bertz CT molecular complexity index is 645. The summed E-state index contributed by atoms with van der Waals surface area (Å²) in [6, 6.07) is 17.2. The fourth-order valence-electron chi connectivity index (χ4n) is 3.66. The van der Waals surface area contributed by atoms with Crippen LogP contribution in [0.15, 0.2) is 48.5 Å². The highest BCUT2D eigenvalue weighted by atomic mass is 16.5. The summed E-state index contributed by atoms with van der Waals surface area (Å²) in [5.41, 5.74) is 4.32. The average molecular weight is 295 g/mol. The summed E-state index contributed by atoms with van der Waals surface area (Å²) in [4.78, 5) is 2.55. The van der Waals surface area contributed by atoms with Gasteiger partial charge in [0.25, 0.3) is 0 Å². The van der Waals surface area contributed by atoms with Gasteiger partial charge in [-0.15, -0.1) is 0 Å². The highest BCUT2D eigenvalue weighted by molar-refractivity contribution is 5.59. The van der Waals surface area contributed by atoms with Crippen LogP contribution in [0.25, 0.3) is 0 Å². The van der Waals surface area contributed by atoms with E-state index in [0.717, 1.165) is 12.3 Å². The van der Waals surface area contributed by atoms with Gasteiger partial charge in [0.1, 0.15) is 5.75 Å². The molecule has 0 bridgehead atoms. The Morgan fingerprint density at radius 3 is 2.45 bits per heavy atom. The van der Waals surface area contributed by atoms with Gasteiger partial charge in [-0.25, -0.2) is 0 Å². The first-order chi connectivity index (χ1) is 10.5. The summed E-state index contributed by atoms with van der Waals surface area (Å²) in [5, 5.41) is 0. The lowest BCUT2D eigenvalue weighted by atomic mass is 9.80. The van der Waals surface area contributed by atoms with Crippen molar-refractivity contribution in [3.05, 3.63) is 59.7 Å². The molecule has 0 aromatic heterocycles. The molecule has 1 aliphatic heterocycles. The Labute approximate surface area is 133 Å². The van der Waals surface area contributed by atoms with E-state index in [0.29, 0.717) is 5.92 Å². The van der Waals surface area contributed by atoms with E-state index in [4.69, 9.17) is 4.74 Å². The Morgan fingerprint density at radius 1 is 1.09 bits per heavy atom. The first kappa shape index (κ1) is 15.0. The minimum absolute atomic E-state index is 0.160. The Morgan fingerprint density at radius 2 is 1.77 bits per heavy atom. The van der Waals surface area contributed by atoms with Gasteiger partial charge in [-0.05, 0) is 55.5 Å². The van der Waals surface area contributed by atoms with E-state index >= 15 is 0 Å². The van der Waals surface area contributed by atoms with E-state index in [-0.39, 0.29) is 5.54 Å². The predicted octanol–water partition coefficient (Wildman–Crippen LogP) is 4.99. The van der Waals surface area contributed by atoms with Crippen LogP contribution in [0.2, 0.25) is 0 Å². The predicted molar refractivity (Wildman–Crippen MR) is 92.7 cm³/mol. The SMILES string of the molecule is COc1ccc(CN2c3ccccc3C(C)CC2(C)C)cc1. The van der Waals surface area contributed by atoms with Crippen LogP contribution in [0.3, 0.4) is 0 Å². The molecule has 22 heavy (non-hydrogen) atoms. The van der Waals surface area contributed by atoms with E-state index in [1.54, 1.807) is 7.11 Å². The molecule has 0 saturated carbocycles. The number of rotatable bonds is 3. The Balaban J connectivity index is 1.94. The number of hydrogen-bond acceptors (Lipinski definition) is 2. The topological polar surface area (TPSA) is 12.5 Å². The maximum atomic E-state index is 5.26. The number of para-hydroxylation sites is 1. The van der Waals surface area contributed by atoms with E-state index < -0.39 is 0 Å². The molecule has 1 aliphatic rings. The molecule has 0 saturated heterocycles. The maximum absolute atomic E-state index is 5.26. The molecular weight excluding hydrogens is 270 g/mol. The molecule has 1 heterocycles. The van der Waals surface area contributed by atoms with Crippen molar-refractivity contribution < 1.29 is 4.74 Å². The van der Waals surface area contributed by atoms with Crippen LogP contribution in [-0.4, -0.2) is 12.6 Å². The molecule has 0 fully saturated rings. The molecule has 0 spiro atoms. The largest absolute Gasteiger partial charge is 0.497 e. The van der Waals surface area contributed by atoms with Crippen LogP contribution in [-0.2, 0) is 6.54 Å². The van der Waals surface area contributed by atoms with Gasteiger partial charge in [-0.2, -0.15) is 0 Å². The lowest BCUT2D eigenvalue weighted by Gasteiger charge is -2.47. The third-order valence-electron chi connectivity index (χ3n) is 4.79. The van der Waals surface area contributed by atoms with Gasteiger partial charge in [0.05, 0.1) is 7.11 Å². The normalized spacial score (nSPS) is 19.6. The third kappa shape index (κ3) is 2.70. The molecule has 0 aliphatic carbocycles. The molecule has 2 heteroatoms. The van der Waals surface area contributed by atoms with Gasteiger partial charge in [0.15, 0.2) is 0 Å². The van der Waals surface area contributed by atoms with Crippen molar-refractivity contribution in [2.75, 3.05) is 12.0 Å². The Hall–Kier alpha value is -1.96. The van der Waals surface area contributed by atoms with Gasteiger partial charge < -0.3 is 9.64 Å². The molecule has 0 N–H and O–H groups in total. The monoisotopic (exact) mass is 295 g/mol. The fourth-order valence-corrected chi connectivity index (χ4v) is 3.66. The minimum atomic E-state index is 0.160. The highest BCUT2D eigenvalue weighted by Crippen LogP contribution is 2.43. The zero-order valence-corrected chi connectivity index (χ0v) is 14.0. The van der Waals surface area contributed by atoms with E-state index in [9.17, 15) is 0 Å². The van der Waals surface area contributed by atoms with Crippen molar-refractivity contribution >= 4 is 5.69 Å². The number of anilines is 1. The standard InChI is InChI=1S/C20H25NO/c1-15-13-20(2,3)21(19-8-6-5-7-18(15)19)14-16-9-11-17(22-4)12-10-16/h5-12,15H,13-14H2,1-4H3. The summed E-state index contributed by atoms with van der Waals surface area (Å²) in [6.07, 6.45) is 1.18. The number of nitrogens with zero attached hydrogens (tertiary/aromatic N) is 1.